The van der Waals surface area contributed by atoms with Gasteiger partial charge in [0.1, 0.15) is 5.75 Å². The fourth-order valence-corrected chi connectivity index (χ4v) is 3.27. The average Bonchev–Trinajstić information content (AvgIpc) is 2.66. The predicted octanol–water partition coefficient (Wildman–Crippen LogP) is 4.55. The second-order valence-electron chi connectivity index (χ2n) is 5.93. The molecule has 1 unspecified atom stereocenters. The summed E-state index contributed by atoms with van der Waals surface area (Å²) in [5, 5.41) is 3.77. The fourth-order valence-electron chi connectivity index (χ4n) is 3.01. The van der Waals surface area contributed by atoms with E-state index in [2.05, 4.69) is 24.1 Å². The smallest absolute Gasteiger partial charge is 0.251 e. The minimum absolute atomic E-state index is 0.0327. The van der Waals surface area contributed by atoms with E-state index in [1.165, 1.54) is 0 Å². The van der Waals surface area contributed by atoms with Crippen LogP contribution >= 0.6 is 11.6 Å². The number of nitrogens with one attached hydrogen (secondary N) is 1. The molecular formula is C21H27ClN2O2. The van der Waals surface area contributed by atoms with Crippen LogP contribution in [0.1, 0.15) is 42.7 Å². The molecule has 2 rings (SSSR count). The van der Waals surface area contributed by atoms with E-state index in [1.807, 2.05) is 43.3 Å². The lowest BCUT2D eigenvalue weighted by atomic mass is 10.0. The summed E-state index contributed by atoms with van der Waals surface area (Å²) >= 11 is 6.40. The lowest BCUT2D eigenvalue weighted by Crippen LogP contribution is -2.38. The molecular weight excluding hydrogens is 348 g/mol. The molecule has 0 radical (unpaired) electrons. The summed E-state index contributed by atoms with van der Waals surface area (Å²) in [5.74, 6) is 0.665. The molecule has 140 valence electrons. The summed E-state index contributed by atoms with van der Waals surface area (Å²) in [6.45, 7) is 9.02. The van der Waals surface area contributed by atoms with Gasteiger partial charge in [-0.3, -0.25) is 9.69 Å². The quantitative estimate of drug-likeness (QED) is 0.700. The Labute approximate surface area is 161 Å². The molecule has 0 aliphatic carbocycles. The first-order valence-electron chi connectivity index (χ1n) is 9.10. The monoisotopic (exact) mass is 374 g/mol. The highest BCUT2D eigenvalue weighted by atomic mass is 35.5. The van der Waals surface area contributed by atoms with E-state index in [0.29, 0.717) is 18.7 Å². The molecule has 0 spiro atoms. The molecule has 0 aliphatic rings. The molecule has 0 saturated carbocycles. The SMILES string of the molecule is CCOc1ccc(C(=O)NCC(c2ccccc2Cl)N(CC)CC)cc1. The number of amides is 1. The molecule has 0 saturated heterocycles. The van der Waals surface area contributed by atoms with Crippen LogP contribution in [0.5, 0.6) is 5.75 Å². The Hall–Kier alpha value is -2.04. The van der Waals surface area contributed by atoms with Crippen LogP contribution in [0.2, 0.25) is 5.02 Å². The van der Waals surface area contributed by atoms with Gasteiger partial charge < -0.3 is 10.1 Å². The molecule has 5 heteroatoms. The van der Waals surface area contributed by atoms with Crippen LogP contribution in [-0.4, -0.2) is 37.0 Å². The fraction of sp³-hybridized carbons (Fsp3) is 0.381. The van der Waals surface area contributed by atoms with E-state index in [9.17, 15) is 4.79 Å². The minimum atomic E-state index is -0.0998. The molecule has 26 heavy (non-hydrogen) atoms. The number of hydrogen-bond donors (Lipinski definition) is 1. The minimum Gasteiger partial charge on any atom is -0.494 e. The third-order valence-electron chi connectivity index (χ3n) is 4.40. The first-order valence-corrected chi connectivity index (χ1v) is 9.48. The first kappa shape index (κ1) is 20.3. The number of nitrogens with zero attached hydrogens (tertiary/aromatic N) is 1. The highest BCUT2D eigenvalue weighted by Gasteiger charge is 2.21. The van der Waals surface area contributed by atoms with Gasteiger partial charge in [0.25, 0.3) is 5.91 Å². The number of likely N-dealkylation sites (N-methyl/N-ethyl adjacent to an activating group) is 1. The molecule has 2 aromatic rings. The molecule has 0 aliphatic heterocycles. The summed E-state index contributed by atoms with van der Waals surface area (Å²) in [6, 6.07) is 15.0. The Morgan fingerprint density at radius 1 is 1.08 bits per heavy atom. The highest BCUT2D eigenvalue weighted by molar-refractivity contribution is 6.31. The number of hydrogen-bond acceptors (Lipinski definition) is 3. The number of rotatable bonds is 9. The standard InChI is InChI=1S/C21H27ClN2O2/c1-4-24(5-2)20(18-9-7-8-10-19(18)22)15-23-21(25)16-11-13-17(14-12-16)26-6-3/h7-14,20H,4-6,15H2,1-3H3,(H,23,25). The second kappa shape index (κ2) is 10.2. The second-order valence-corrected chi connectivity index (χ2v) is 6.33. The van der Waals surface area contributed by atoms with Crippen molar-refractivity contribution < 1.29 is 9.53 Å². The van der Waals surface area contributed by atoms with Gasteiger partial charge >= 0.3 is 0 Å². The Balaban J connectivity index is 2.11. The predicted molar refractivity (Wildman–Crippen MR) is 107 cm³/mol. The van der Waals surface area contributed by atoms with E-state index in [4.69, 9.17) is 16.3 Å². The third kappa shape index (κ3) is 5.23. The Kier molecular flexibility index (Phi) is 7.95. The van der Waals surface area contributed by atoms with Gasteiger partial charge in [-0.05, 0) is 55.9 Å². The van der Waals surface area contributed by atoms with Gasteiger partial charge in [-0.1, -0.05) is 43.6 Å². The van der Waals surface area contributed by atoms with Crippen molar-refractivity contribution in [3.63, 3.8) is 0 Å². The van der Waals surface area contributed by atoms with Gasteiger partial charge in [-0.2, -0.15) is 0 Å². The largest absolute Gasteiger partial charge is 0.494 e. The van der Waals surface area contributed by atoms with Crippen molar-refractivity contribution in [2.75, 3.05) is 26.2 Å². The van der Waals surface area contributed by atoms with Crippen LogP contribution in [0.25, 0.3) is 0 Å². The van der Waals surface area contributed by atoms with E-state index in [0.717, 1.165) is 29.4 Å². The van der Waals surface area contributed by atoms with Gasteiger partial charge in [0.15, 0.2) is 0 Å². The Morgan fingerprint density at radius 3 is 2.31 bits per heavy atom. The van der Waals surface area contributed by atoms with Crippen LogP contribution in [-0.2, 0) is 0 Å². The summed E-state index contributed by atoms with van der Waals surface area (Å²) in [7, 11) is 0. The van der Waals surface area contributed by atoms with Crippen molar-refractivity contribution in [1.29, 1.82) is 0 Å². The van der Waals surface area contributed by atoms with Crippen molar-refractivity contribution in [3.8, 4) is 5.75 Å². The molecule has 0 aromatic heterocycles. The van der Waals surface area contributed by atoms with Crippen LogP contribution in [0.15, 0.2) is 48.5 Å². The van der Waals surface area contributed by atoms with Crippen molar-refractivity contribution in [3.05, 3.63) is 64.7 Å². The zero-order valence-electron chi connectivity index (χ0n) is 15.7. The number of benzene rings is 2. The van der Waals surface area contributed by atoms with Crippen LogP contribution in [0.3, 0.4) is 0 Å². The van der Waals surface area contributed by atoms with Crippen molar-refractivity contribution in [2.45, 2.75) is 26.8 Å². The normalized spacial score (nSPS) is 12.0. The summed E-state index contributed by atoms with van der Waals surface area (Å²) in [5.41, 5.74) is 1.65. The number of carbonyl (C=O) groups excluding carboxylic acids is 1. The molecule has 0 bridgehead atoms. The molecule has 2 aromatic carbocycles. The van der Waals surface area contributed by atoms with Gasteiger partial charge in [0.2, 0.25) is 0 Å². The molecule has 1 amide bonds. The maximum absolute atomic E-state index is 12.5. The zero-order chi connectivity index (χ0) is 18.9. The summed E-state index contributed by atoms with van der Waals surface area (Å²) in [4.78, 5) is 14.8. The van der Waals surface area contributed by atoms with E-state index in [-0.39, 0.29) is 11.9 Å². The molecule has 4 nitrogen and oxygen atoms in total. The number of carbonyl (C=O) groups is 1. The first-order chi connectivity index (χ1) is 12.6. The molecule has 1 atom stereocenters. The van der Waals surface area contributed by atoms with Crippen molar-refractivity contribution in [2.24, 2.45) is 0 Å². The molecule has 0 heterocycles. The zero-order valence-corrected chi connectivity index (χ0v) is 16.4. The van der Waals surface area contributed by atoms with Gasteiger partial charge in [-0.15, -0.1) is 0 Å². The van der Waals surface area contributed by atoms with Crippen molar-refractivity contribution >= 4 is 17.5 Å². The van der Waals surface area contributed by atoms with Gasteiger partial charge in [-0.25, -0.2) is 0 Å². The summed E-state index contributed by atoms with van der Waals surface area (Å²) < 4.78 is 5.42. The van der Waals surface area contributed by atoms with Crippen LogP contribution < -0.4 is 10.1 Å². The van der Waals surface area contributed by atoms with E-state index in [1.54, 1.807) is 12.1 Å². The van der Waals surface area contributed by atoms with Crippen LogP contribution in [0, 0.1) is 0 Å². The maximum atomic E-state index is 12.5. The lowest BCUT2D eigenvalue weighted by Gasteiger charge is -2.31. The van der Waals surface area contributed by atoms with E-state index >= 15 is 0 Å². The van der Waals surface area contributed by atoms with Crippen LogP contribution in [0.4, 0.5) is 0 Å². The van der Waals surface area contributed by atoms with Gasteiger partial charge in [0.05, 0.1) is 12.6 Å². The lowest BCUT2D eigenvalue weighted by molar-refractivity contribution is 0.0935. The Morgan fingerprint density at radius 2 is 1.73 bits per heavy atom. The number of ether oxygens (including phenoxy) is 1. The average molecular weight is 375 g/mol. The van der Waals surface area contributed by atoms with Crippen molar-refractivity contribution in [1.82, 2.24) is 10.2 Å². The third-order valence-corrected chi connectivity index (χ3v) is 4.75. The molecule has 0 fully saturated rings. The molecule has 1 N–H and O–H groups in total. The highest BCUT2D eigenvalue weighted by Crippen LogP contribution is 2.27. The maximum Gasteiger partial charge on any atom is 0.251 e. The Bertz CT molecular complexity index is 699. The van der Waals surface area contributed by atoms with E-state index < -0.39 is 0 Å². The number of halogens is 1. The van der Waals surface area contributed by atoms with Gasteiger partial charge in [0, 0.05) is 17.1 Å². The summed E-state index contributed by atoms with van der Waals surface area (Å²) in [6.07, 6.45) is 0. The topological polar surface area (TPSA) is 41.6 Å².